The number of benzene rings is 9. The molecule has 0 aromatic heterocycles. The molecule has 250 valence electrons. The van der Waals surface area contributed by atoms with Gasteiger partial charge in [0.25, 0.3) is 0 Å². The van der Waals surface area contributed by atoms with E-state index in [-0.39, 0.29) is 0 Å². The van der Waals surface area contributed by atoms with E-state index < -0.39 is 0 Å². The fourth-order valence-corrected chi connectivity index (χ4v) is 7.34. The zero-order valence-corrected chi connectivity index (χ0v) is 29.3. The van der Waals surface area contributed by atoms with Crippen molar-refractivity contribution in [3.05, 3.63) is 224 Å². The largest absolute Gasteiger partial charge is 0.310 e. The Hall–Kier alpha value is -6.96. The Morgan fingerprint density at radius 3 is 1.38 bits per heavy atom. The molecule has 0 heterocycles. The second kappa shape index (κ2) is 14.3. The third-order valence-corrected chi connectivity index (χ3v) is 10.0. The molecule has 0 bridgehead atoms. The minimum atomic E-state index is 1.09. The number of hydrogen-bond donors (Lipinski definition) is 0. The zero-order valence-electron chi connectivity index (χ0n) is 29.3. The van der Waals surface area contributed by atoms with Gasteiger partial charge in [0.1, 0.15) is 0 Å². The molecule has 0 atom stereocenters. The van der Waals surface area contributed by atoms with Gasteiger partial charge in [-0.1, -0.05) is 176 Å². The maximum Gasteiger partial charge on any atom is 0.0540 e. The first kappa shape index (κ1) is 32.0. The zero-order chi connectivity index (χ0) is 35.4. The summed E-state index contributed by atoms with van der Waals surface area (Å²) in [4.78, 5) is 2.40. The Bertz CT molecular complexity index is 2660. The molecule has 0 fully saturated rings. The second-order valence-electron chi connectivity index (χ2n) is 13.4. The van der Waals surface area contributed by atoms with Gasteiger partial charge in [-0.2, -0.15) is 0 Å². The van der Waals surface area contributed by atoms with Crippen LogP contribution in [0, 0.1) is 0 Å². The molecule has 9 aromatic rings. The molecule has 9 aromatic carbocycles. The van der Waals surface area contributed by atoms with Crippen molar-refractivity contribution in [3.8, 4) is 55.6 Å². The van der Waals surface area contributed by atoms with Crippen LogP contribution in [0.15, 0.2) is 224 Å². The average Bonchev–Trinajstić information content (AvgIpc) is 3.25. The monoisotopic (exact) mass is 675 g/mol. The summed E-state index contributed by atoms with van der Waals surface area (Å²) in [5, 5.41) is 2.51. The number of rotatable bonds is 8. The first-order chi connectivity index (χ1) is 26.3. The van der Waals surface area contributed by atoms with Crippen LogP contribution in [-0.2, 0) is 0 Å². The van der Waals surface area contributed by atoms with Crippen molar-refractivity contribution in [3.63, 3.8) is 0 Å². The van der Waals surface area contributed by atoms with E-state index in [0.29, 0.717) is 0 Å². The van der Waals surface area contributed by atoms with Crippen molar-refractivity contribution in [2.24, 2.45) is 0 Å². The highest BCUT2D eigenvalue weighted by Crippen LogP contribution is 2.43. The number of anilines is 3. The van der Waals surface area contributed by atoms with E-state index in [4.69, 9.17) is 0 Å². The van der Waals surface area contributed by atoms with Crippen LogP contribution in [0.1, 0.15) is 0 Å². The maximum absolute atomic E-state index is 2.40. The summed E-state index contributed by atoms with van der Waals surface area (Å²) in [7, 11) is 0. The molecule has 53 heavy (non-hydrogen) atoms. The van der Waals surface area contributed by atoms with Crippen LogP contribution < -0.4 is 4.90 Å². The van der Waals surface area contributed by atoms with Crippen molar-refractivity contribution in [1.29, 1.82) is 0 Å². The van der Waals surface area contributed by atoms with Crippen molar-refractivity contribution in [1.82, 2.24) is 0 Å². The highest BCUT2D eigenvalue weighted by Gasteiger charge is 2.18. The van der Waals surface area contributed by atoms with Crippen LogP contribution in [-0.4, -0.2) is 0 Å². The Labute approximate surface area is 311 Å². The molecule has 0 radical (unpaired) electrons. The second-order valence-corrected chi connectivity index (χ2v) is 13.4. The van der Waals surface area contributed by atoms with Gasteiger partial charge in [0.2, 0.25) is 0 Å². The topological polar surface area (TPSA) is 3.24 Å². The summed E-state index contributed by atoms with van der Waals surface area (Å²) in [6.45, 7) is 0. The summed E-state index contributed by atoms with van der Waals surface area (Å²) in [6.07, 6.45) is 0. The standard InChI is InChI=1S/C52H37N/c1-3-14-38(15-4-1)44-21-12-24-48(36-44)51-26-9-10-27-52(51)53(50-25-13-23-46(37-50)39-16-5-2-6-17-39)49-32-30-41(31-33-49)43-20-11-22-45(34-43)47-29-28-40-18-7-8-19-42(40)35-47/h1-37H. The molecule has 0 N–H and O–H groups in total. The molecule has 0 aliphatic carbocycles. The molecule has 0 saturated heterocycles. The van der Waals surface area contributed by atoms with Crippen LogP contribution in [0.2, 0.25) is 0 Å². The van der Waals surface area contributed by atoms with Gasteiger partial charge < -0.3 is 4.90 Å². The van der Waals surface area contributed by atoms with E-state index >= 15 is 0 Å². The summed E-state index contributed by atoms with van der Waals surface area (Å²) in [6, 6.07) is 80.9. The molecule has 1 nitrogen and oxygen atoms in total. The van der Waals surface area contributed by atoms with Crippen LogP contribution >= 0.6 is 0 Å². The lowest BCUT2D eigenvalue weighted by Crippen LogP contribution is -2.11. The lowest BCUT2D eigenvalue weighted by atomic mass is 9.96. The smallest absolute Gasteiger partial charge is 0.0540 e. The van der Waals surface area contributed by atoms with Gasteiger partial charge >= 0.3 is 0 Å². The molecule has 0 spiro atoms. The van der Waals surface area contributed by atoms with E-state index in [2.05, 4.69) is 229 Å². The van der Waals surface area contributed by atoms with Crippen molar-refractivity contribution >= 4 is 27.8 Å². The predicted octanol–water partition coefficient (Wildman–Crippen LogP) is 14.6. The van der Waals surface area contributed by atoms with Crippen LogP contribution in [0.4, 0.5) is 17.1 Å². The molecule has 0 unspecified atom stereocenters. The van der Waals surface area contributed by atoms with E-state index in [1.807, 2.05) is 0 Å². The van der Waals surface area contributed by atoms with Crippen LogP contribution in [0.5, 0.6) is 0 Å². The number of fused-ring (bicyclic) bond motifs is 1. The van der Waals surface area contributed by atoms with E-state index in [1.165, 1.54) is 66.4 Å². The summed E-state index contributed by atoms with van der Waals surface area (Å²) in [5.74, 6) is 0. The summed E-state index contributed by atoms with van der Waals surface area (Å²) < 4.78 is 0. The Balaban J connectivity index is 1.13. The van der Waals surface area contributed by atoms with Crippen molar-refractivity contribution in [2.75, 3.05) is 4.90 Å². The first-order valence-corrected chi connectivity index (χ1v) is 18.2. The van der Waals surface area contributed by atoms with E-state index in [1.54, 1.807) is 0 Å². The molecule has 1 heteroatoms. The molecule has 0 aliphatic heterocycles. The number of nitrogens with zero attached hydrogens (tertiary/aromatic N) is 1. The van der Waals surface area contributed by atoms with Crippen LogP contribution in [0.25, 0.3) is 66.4 Å². The lowest BCUT2D eigenvalue weighted by Gasteiger charge is -2.28. The van der Waals surface area contributed by atoms with Gasteiger partial charge in [-0.15, -0.1) is 0 Å². The lowest BCUT2D eigenvalue weighted by molar-refractivity contribution is 1.28. The number of hydrogen-bond acceptors (Lipinski definition) is 1. The van der Waals surface area contributed by atoms with Gasteiger partial charge in [0.15, 0.2) is 0 Å². The molecular formula is C52H37N. The Morgan fingerprint density at radius 2 is 0.679 bits per heavy atom. The first-order valence-electron chi connectivity index (χ1n) is 18.2. The third kappa shape index (κ3) is 6.65. The van der Waals surface area contributed by atoms with Gasteiger partial charge in [-0.05, 0) is 109 Å². The fourth-order valence-electron chi connectivity index (χ4n) is 7.34. The maximum atomic E-state index is 2.40. The van der Waals surface area contributed by atoms with Gasteiger partial charge in [0, 0.05) is 16.9 Å². The highest BCUT2D eigenvalue weighted by molar-refractivity contribution is 5.91. The molecule has 0 saturated carbocycles. The fraction of sp³-hybridized carbons (Fsp3) is 0. The molecule has 0 amide bonds. The number of para-hydroxylation sites is 1. The Morgan fingerprint density at radius 1 is 0.226 bits per heavy atom. The third-order valence-electron chi connectivity index (χ3n) is 10.0. The molecule has 0 aliphatic rings. The minimum absolute atomic E-state index is 1.09. The summed E-state index contributed by atoms with van der Waals surface area (Å²) in [5.41, 5.74) is 15.2. The van der Waals surface area contributed by atoms with Gasteiger partial charge in [0.05, 0.1) is 5.69 Å². The van der Waals surface area contributed by atoms with Crippen molar-refractivity contribution < 1.29 is 0 Å². The van der Waals surface area contributed by atoms with Crippen molar-refractivity contribution in [2.45, 2.75) is 0 Å². The average molecular weight is 676 g/mol. The van der Waals surface area contributed by atoms with Gasteiger partial charge in [-0.3, -0.25) is 0 Å². The van der Waals surface area contributed by atoms with E-state index in [9.17, 15) is 0 Å². The molecular weight excluding hydrogens is 639 g/mol. The normalized spacial score (nSPS) is 11.0. The summed E-state index contributed by atoms with van der Waals surface area (Å²) >= 11 is 0. The minimum Gasteiger partial charge on any atom is -0.310 e. The molecule has 9 rings (SSSR count). The SMILES string of the molecule is c1ccc(-c2cccc(-c3ccccc3N(c3ccc(-c4cccc(-c5ccc6ccccc6c5)c4)cc3)c3cccc(-c4ccccc4)c3)c2)cc1. The highest BCUT2D eigenvalue weighted by atomic mass is 15.1. The van der Waals surface area contributed by atoms with Gasteiger partial charge in [-0.25, -0.2) is 0 Å². The Kier molecular flexibility index (Phi) is 8.66. The quantitative estimate of drug-likeness (QED) is 0.155. The van der Waals surface area contributed by atoms with Crippen LogP contribution in [0.3, 0.4) is 0 Å². The van der Waals surface area contributed by atoms with E-state index in [0.717, 1.165) is 17.1 Å². The predicted molar refractivity (Wildman–Crippen MR) is 226 cm³/mol.